The second-order valence-corrected chi connectivity index (χ2v) is 14.5. The number of hydrogen-bond donors (Lipinski definition) is 0. The Morgan fingerprint density at radius 1 is 0.228 bits per heavy atom. The van der Waals surface area contributed by atoms with Gasteiger partial charge >= 0.3 is 0 Å². The van der Waals surface area contributed by atoms with Crippen LogP contribution < -0.4 is 4.90 Å². The van der Waals surface area contributed by atoms with Gasteiger partial charge in [0.15, 0.2) is 0 Å². The average Bonchev–Trinajstić information content (AvgIpc) is 3.29. The molecule has 10 aromatic rings. The minimum atomic E-state index is 1.09. The van der Waals surface area contributed by atoms with E-state index < -0.39 is 0 Å². The number of anilines is 3. The summed E-state index contributed by atoms with van der Waals surface area (Å²) < 4.78 is 0. The molecule has 0 aliphatic heterocycles. The summed E-state index contributed by atoms with van der Waals surface area (Å²) >= 11 is 0. The Labute approximate surface area is 334 Å². The molecule has 0 saturated heterocycles. The molecule has 0 bridgehead atoms. The van der Waals surface area contributed by atoms with Crippen LogP contribution in [0.1, 0.15) is 0 Å². The molecule has 0 amide bonds. The smallest absolute Gasteiger partial charge is 0.0467 e. The molecule has 0 unspecified atom stereocenters. The summed E-state index contributed by atoms with van der Waals surface area (Å²) in [5.41, 5.74) is 15.2. The van der Waals surface area contributed by atoms with Crippen molar-refractivity contribution in [3.8, 4) is 55.6 Å². The largest absolute Gasteiger partial charge is 0.310 e. The lowest BCUT2D eigenvalue weighted by Gasteiger charge is -2.27. The SMILES string of the molecule is c1ccc(-c2cc(-c3ccc4ccccc4c3)cc(-c3ccccc3)c2-c2cccc(N(c3ccccc3)c3ccc(-c4cccc5ccccc45)cc3)c2)cc1. The second-order valence-electron chi connectivity index (χ2n) is 14.5. The van der Waals surface area contributed by atoms with Gasteiger partial charge in [-0.1, -0.05) is 182 Å². The lowest BCUT2D eigenvalue weighted by molar-refractivity contribution is 1.28. The van der Waals surface area contributed by atoms with E-state index in [4.69, 9.17) is 0 Å². The molecule has 0 aliphatic rings. The van der Waals surface area contributed by atoms with Gasteiger partial charge < -0.3 is 4.90 Å². The summed E-state index contributed by atoms with van der Waals surface area (Å²) in [4.78, 5) is 2.37. The predicted octanol–water partition coefficient (Wildman–Crippen LogP) is 15.8. The van der Waals surface area contributed by atoms with Crippen LogP contribution in [0.15, 0.2) is 237 Å². The van der Waals surface area contributed by atoms with Crippen LogP contribution in [0.3, 0.4) is 0 Å². The molecule has 0 atom stereocenters. The van der Waals surface area contributed by atoms with Gasteiger partial charge in [-0.25, -0.2) is 0 Å². The third-order valence-electron chi connectivity index (χ3n) is 11.0. The molecule has 0 aromatic heterocycles. The highest BCUT2D eigenvalue weighted by molar-refractivity contribution is 6.00. The maximum Gasteiger partial charge on any atom is 0.0467 e. The van der Waals surface area contributed by atoms with Crippen molar-refractivity contribution in [3.05, 3.63) is 237 Å². The Balaban J connectivity index is 1.15. The lowest BCUT2D eigenvalue weighted by atomic mass is 9.84. The summed E-state index contributed by atoms with van der Waals surface area (Å²) in [6, 6.07) is 85.7. The number of para-hydroxylation sites is 1. The summed E-state index contributed by atoms with van der Waals surface area (Å²) in [6.45, 7) is 0. The molecule has 0 saturated carbocycles. The third kappa shape index (κ3) is 6.66. The molecule has 10 rings (SSSR count). The zero-order valence-electron chi connectivity index (χ0n) is 31.5. The number of benzene rings is 10. The predicted molar refractivity (Wildman–Crippen MR) is 243 cm³/mol. The highest BCUT2D eigenvalue weighted by atomic mass is 15.1. The van der Waals surface area contributed by atoms with Crippen LogP contribution in [0.4, 0.5) is 17.1 Å². The Bertz CT molecular complexity index is 2920. The Hall–Kier alpha value is -7.48. The van der Waals surface area contributed by atoms with E-state index in [-0.39, 0.29) is 0 Å². The van der Waals surface area contributed by atoms with E-state index in [0.29, 0.717) is 0 Å². The molecule has 0 spiro atoms. The topological polar surface area (TPSA) is 3.24 Å². The van der Waals surface area contributed by atoms with E-state index in [0.717, 1.165) is 22.6 Å². The normalized spacial score (nSPS) is 11.2. The first-order valence-electron chi connectivity index (χ1n) is 19.6. The maximum atomic E-state index is 2.38. The van der Waals surface area contributed by atoms with Crippen LogP contribution in [-0.2, 0) is 0 Å². The van der Waals surface area contributed by atoms with Crippen LogP contribution in [0.2, 0.25) is 0 Å². The summed E-state index contributed by atoms with van der Waals surface area (Å²) in [5, 5.41) is 4.99. The van der Waals surface area contributed by atoms with E-state index in [2.05, 4.69) is 241 Å². The standard InChI is InChI=1S/C56H39N/c1-4-17-42(18-5-1)54-38-48(46-31-30-40-16-10-11-22-45(40)36-46)39-55(43-19-6-2-7-20-43)56(54)47-24-14-27-51(37-47)57(49-25-8-3-9-26-49)50-34-32-44(33-35-50)53-29-15-23-41-21-12-13-28-52(41)53/h1-39H. The van der Waals surface area contributed by atoms with Gasteiger partial charge in [-0.05, 0) is 132 Å². The molecule has 57 heavy (non-hydrogen) atoms. The first kappa shape index (κ1) is 34.0. The van der Waals surface area contributed by atoms with Crippen molar-refractivity contribution in [2.24, 2.45) is 0 Å². The first-order chi connectivity index (χ1) is 28.3. The van der Waals surface area contributed by atoms with Gasteiger partial charge in [-0.15, -0.1) is 0 Å². The summed E-state index contributed by atoms with van der Waals surface area (Å²) in [6.07, 6.45) is 0. The minimum Gasteiger partial charge on any atom is -0.310 e. The molecular weight excluding hydrogens is 687 g/mol. The monoisotopic (exact) mass is 725 g/mol. The summed E-state index contributed by atoms with van der Waals surface area (Å²) in [7, 11) is 0. The van der Waals surface area contributed by atoms with Crippen LogP contribution in [-0.4, -0.2) is 0 Å². The molecule has 0 heterocycles. The van der Waals surface area contributed by atoms with Crippen molar-refractivity contribution in [2.75, 3.05) is 4.90 Å². The van der Waals surface area contributed by atoms with E-state index in [1.807, 2.05) is 0 Å². The molecule has 0 radical (unpaired) electrons. The van der Waals surface area contributed by atoms with Crippen molar-refractivity contribution >= 4 is 38.6 Å². The third-order valence-corrected chi connectivity index (χ3v) is 11.0. The fourth-order valence-electron chi connectivity index (χ4n) is 8.27. The van der Waals surface area contributed by atoms with Gasteiger partial charge in [0, 0.05) is 17.1 Å². The molecule has 1 nitrogen and oxygen atoms in total. The molecule has 0 N–H and O–H groups in total. The maximum absolute atomic E-state index is 2.38. The Kier molecular flexibility index (Phi) is 8.95. The molecule has 10 aromatic carbocycles. The van der Waals surface area contributed by atoms with E-state index >= 15 is 0 Å². The number of hydrogen-bond acceptors (Lipinski definition) is 1. The van der Waals surface area contributed by atoms with Crippen LogP contribution in [0.5, 0.6) is 0 Å². The second kappa shape index (κ2) is 15.0. The van der Waals surface area contributed by atoms with Gasteiger partial charge in [-0.2, -0.15) is 0 Å². The van der Waals surface area contributed by atoms with Crippen molar-refractivity contribution in [3.63, 3.8) is 0 Å². The van der Waals surface area contributed by atoms with Gasteiger partial charge in [0.05, 0.1) is 0 Å². The van der Waals surface area contributed by atoms with Crippen molar-refractivity contribution in [2.45, 2.75) is 0 Å². The van der Waals surface area contributed by atoms with E-state index in [1.54, 1.807) is 0 Å². The molecule has 1 heteroatoms. The van der Waals surface area contributed by atoms with Crippen molar-refractivity contribution in [1.82, 2.24) is 0 Å². The van der Waals surface area contributed by atoms with Gasteiger partial charge in [-0.3, -0.25) is 0 Å². The van der Waals surface area contributed by atoms with Gasteiger partial charge in [0.25, 0.3) is 0 Å². The zero-order valence-corrected chi connectivity index (χ0v) is 31.5. The number of fused-ring (bicyclic) bond motifs is 2. The molecule has 0 aliphatic carbocycles. The summed E-state index contributed by atoms with van der Waals surface area (Å²) in [5.74, 6) is 0. The fraction of sp³-hybridized carbons (Fsp3) is 0. The highest BCUT2D eigenvalue weighted by Gasteiger charge is 2.20. The molecule has 268 valence electrons. The fourth-order valence-corrected chi connectivity index (χ4v) is 8.27. The Morgan fingerprint density at radius 2 is 0.719 bits per heavy atom. The first-order valence-corrected chi connectivity index (χ1v) is 19.6. The van der Waals surface area contributed by atoms with Crippen LogP contribution >= 0.6 is 0 Å². The van der Waals surface area contributed by atoms with Crippen molar-refractivity contribution < 1.29 is 0 Å². The number of rotatable bonds is 8. The van der Waals surface area contributed by atoms with Crippen molar-refractivity contribution in [1.29, 1.82) is 0 Å². The highest BCUT2D eigenvalue weighted by Crippen LogP contribution is 2.46. The quantitative estimate of drug-likeness (QED) is 0.151. The van der Waals surface area contributed by atoms with E-state index in [9.17, 15) is 0 Å². The average molecular weight is 726 g/mol. The van der Waals surface area contributed by atoms with Crippen LogP contribution in [0, 0.1) is 0 Å². The van der Waals surface area contributed by atoms with E-state index in [1.165, 1.54) is 71.6 Å². The Morgan fingerprint density at radius 3 is 1.42 bits per heavy atom. The van der Waals surface area contributed by atoms with Gasteiger partial charge in [0.2, 0.25) is 0 Å². The van der Waals surface area contributed by atoms with Crippen LogP contribution in [0.25, 0.3) is 77.2 Å². The lowest BCUT2D eigenvalue weighted by Crippen LogP contribution is -2.10. The molecular formula is C56H39N. The number of nitrogens with zero attached hydrogens (tertiary/aromatic N) is 1. The minimum absolute atomic E-state index is 1.09. The zero-order chi connectivity index (χ0) is 38.0. The molecule has 0 fully saturated rings. The van der Waals surface area contributed by atoms with Gasteiger partial charge in [0.1, 0.15) is 0 Å².